The van der Waals surface area contributed by atoms with Gasteiger partial charge in [0.05, 0.1) is 24.4 Å². The Morgan fingerprint density at radius 2 is 2.16 bits per heavy atom. The SMILES string of the molecule is COC(=O)c1ccccc1NC(=O)CC1CSc2nc(C)cc(=O)n21. The highest BCUT2D eigenvalue weighted by atomic mass is 32.2. The standard InChI is InChI=1S/C17H17N3O4S/c1-10-7-15(22)20-11(9-25-17(20)18-10)8-14(21)19-13-6-4-3-5-12(13)16(23)24-2/h3-7,11H,8-9H2,1-2H3,(H,19,21). The van der Waals surface area contributed by atoms with Crippen molar-refractivity contribution in [2.45, 2.75) is 24.5 Å². The maximum Gasteiger partial charge on any atom is 0.339 e. The number of aromatic nitrogens is 2. The summed E-state index contributed by atoms with van der Waals surface area (Å²) in [6.45, 7) is 1.77. The first-order valence-electron chi connectivity index (χ1n) is 7.69. The molecule has 0 bridgehead atoms. The van der Waals surface area contributed by atoms with E-state index in [0.717, 1.165) is 0 Å². The fraction of sp³-hybridized carbons (Fsp3) is 0.294. The van der Waals surface area contributed by atoms with Crippen molar-refractivity contribution in [2.24, 2.45) is 0 Å². The number of fused-ring (bicyclic) bond motifs is 1. The number of anilines is 1. The Morgan fingerprint density at radius 1 is 1.40 bits per heavy atom. The summed E-state index contributed by atoms with van der Waals surface area (Å²) in [5.74, 6) is -0.187. The van der Waals surface area contributed by atoms with E-state index in [1.165, 1.54) is 24.9 Å². The fourth-order valence-corrected chi connectivity index (χ4v) is 3.90. The molecule has 130 valence electrons. The van der Waals surface area contributed by atoms with Crippen LogP contribution in [0.5, 0.6) is 0 Å². The van der Waals surface area contributed by atoms with Gasteiger partial charge >= 0.3 is 5.97 Å². The number of rotatable bonds is 4. The van der Waals surface area contributed by atoms with E-state index in [9.17, 15) is 14.4 Å². The van der Waals surface area contributed by atoms with Gasteiger partial charge in [0.25, 0.3) is 5.56 Å². The number of nitrogens with zero attached hydrogens (tertiary/aromatic N) is 2. The number of carbonyl (C=O) groups is 2. The lowest BCUT2D eigenvalue weighted by Gasteiger charge is -2.14. The quantitative estimate of drug-likeness (QED) is 0.663. The van der Waals surface area contributed by atoms with Gasteiger partial charge < -0.3 is 10.1 Å². The summed E-state index contributed by atoms with van der Waals surface area (Å²) in [5, 5.41) is 3.37. The van der Waals surface area contributed by atoms with E-state index >= 15 is 0 Å². The highest BCUT2D eigenvalue weighted by Crippen LogP contribution is 2.32. The lowest BCUT2D eigenvalue weighted by atomic mass is 10.1. The molecule has 25 heavy (non-hydrogen) atoms. The minimum absolute atomic E-state index is 0.125. The molecule has 0 saturated carbocycles. The molecule has 0 spiro atoms. The van der Waals surface area contributed by atoms with Crippen LogP contribution in [0.25, 0.3) is 0 Å². The second-order valence-corrected chi connectivity index (χ2v) is 6.63. The Bertz CT molecular complexity index is 894. The van der Waals surface area contributed by atoms with Crippen molar-refractivity contribution in [3.05, 3.63) is 51.9 Å². The number of amides is 1. The van der Waals surface area contributed by atoms with Crippen LogP contribution >= 0.6 is 11.8 Å². The van der Waals surface area contributed by atoms with Gasteiger partial charge in [-0.05, 0) is 19.1 Å². The number of benzene rings is 1. The number of methoxy groups -OCH3 is 1. The van der Waals surface area contributed by atoms with Gasteiger partial charge in [0.15, 0.2) is 5.16 Å². The van der Waals surface area contributed by atoms with Crippen molar-refractivity contribution in [1.29, 1.82) is 0 Å². The van der Waals surface area contributed by atoms with Gasteiger partial charge in [0.2, 0.25) is 5.91 Å². The van der Waals surface area contributed by atoms with Crippen LogP contribution in [0, 0.1) is 6.92 Å². The summed E-state index contributed by atoms with van der Waals surface area (Å²) < 4.78 is 6.28. The monoisotopic (exact) mass is 359 g/mol. The zero-order valence-electron chi connectivity index (χ0n) is 13.8. The zero-order valence-corrected chi connectivity index (χ0v) is 14.6. The molecule has 3 rings (SSSR count). The molecule has 0 saturated heterocycles. The number of hydrogen-bond donors (Lipinski definition) is 1. The maximum absolute atomic E-state index is 12.4. The Labute approximate surface area is 148 Å². The summed E-state index contributed by atoms with van der Waals surface area (Å²) in [6.07, 6.45) is 0.125. The van der Waals surface area contributed by atoms with E-state index in [1.807, 2.05) is 0 Å². The molecule has 1 aliphatic rings. The molecule has 0 radical (unpaired) electrons. The maximum atomic E-state index is 12.4. The van der Waals surface area contributed by atoms with Crippen LogP contribution < -0.4 is 10.9 Å². The van der Waals surface area contributed by atoms with E-state index in [2.05, 4.69) is 10.3 Å². The smallest absolute Gasteiger partial charge is 0.339 e. The third kappa shape index (κ3) is 3.58. The highest BCUT2D eigenvalue weighted by Gasteiger charge is 2.27. The van der Waals surface area contributed by atoms with E-state index in [4.69, 9.17) is 4.74 Å². The molecule has 7 nitrogen and oxygen atoms in total. The van der Waals surface area contributed by atoms with Crippen molar-refractivity contribution in [2.75, 3.05) is 18.2 Å². The molecule has 2 aromatic rings. The lowest BCUT2D eigenvalue weighted by Crippen LogP contribution is -2.27. The van der Waals surface area contributed by atoms with Crippen molar-refractivity contribution < 1.29 is 14.3 Å². The molecule has 0 aliphatic carbocycles. The Morgan fingerprint density at radius 3 is 2.92 bits per heavy atom. The van der Waals surface area contributed by atoms with Gasteiger partial charge in [-0.25, -0.2) is 9.78 Å². The van der Waals surface area contributed by atoms with E-state index in [-0.39, 0.29) is 29.5 Å². The van der Waals surface area contributed by atoms with Crippen LogP contribution in [-0.2, 0) is 9.53 Å². The molecule has 1 aromatic carbocycles. The van der Waals surface area contributed by atoms with Gasteiger partial charge in [0, 0.05) is 23.9 Å². The first kappa shape index (κ1) is 17.2. The first-order valence-corrected chi connectivity index (χ1v) is 8.68. The summed E-state index contributed by atoms with van der Waals surface area (Å²) in [5.41, 5.74) is 1.19. The van der Waals surface area contributed by atoms with Gasteiger partial charge in [-0.2, -0.15) is 0 Å². The molecule has 2 heterocycles. The van der Waals surface area contributed by atoms with Crippen LogP contribution in [0.3, 0.4) is 0 Å². The van der Waals surface area contributed by atoms with Crippen molar-refractivity contribution in [3.63, 3.8) is 0 Å². The summed E-state index contributed by atoms with van der Waals surface area (Å²) in [7, 11) is 1.29. The van der Waals surface area contributed by atoms with E-state index in [0.29, 0.717) is 22.3 Å². The molecule has 1 unspecified atom stereocenters. The van der Waals surface area contributed by atoms with Crippen molar-refractivity contribution in [3.8, 4) is 0 Å². The van der Waals surface area contributed by atoms with Crippen LogP contribution in [0.1, 0.15) is 28.5 Å². The first-order chi connectivity index (χ1) is 12.0. The van der Waals surface area contributed by atoms with Gasteiger partial charge in [-0.1, -0.05) is 23.9 Å². The number of thioether (sulfide) groups is 1. The van der Waals surface area contributed by atoms with Gasteiger partial charge in [0.1, 0.15) is 0 Å². The number of para-hydroxylation sites is 1. The minimum Gasteiger partial charge on any atom is -0.465 e. The molecule has 1 aliphatic heterocycles. The molecule has 0 fully saturated rings. The summed E-state index contributed by atoms with van der Waals surface area (Å²) >= 11 is 1.46. The molecule has 1 aromatic heterocycles. The van der Waals surface area contributed by atoms with Crippen LogP contribution in [0.2, 0.25) is 0 Å². The Kier molecular flexibility index (Phi) is 4.89. The minimum atomic E-state index is -0.520. The number of hydrogen-bond acceptors (Lipinski definition) is 6. The summed E-state index contributed by atoms with van der Waals surface area (Å²) in [4.78, 5) is 40.7. The molecule has 1 atom stereocenters. The third-order valence-corrected chi connectivity index (χ3v) is 4.94. The van der Waals surface area contributed by atoms with Crippen LogP contribution in [-0.4, -0.2) is 34.3 Å². The third-order valence-electron chi connectivity index (χ3n) is 3.85. The van der Waals surface area contributed by atoms with E-state index in [1.54, 1.807) is 35.8 Å². The normalized spacial score (nSPS) is 15.5. The Hall–Kier alpha value is -2.61. The number of carbonyl (C=O) groups excluding carboxylic acids is 2. The molecule has 1 N–H and O–H groups in total. The number of esters is 1. The van der Waals surface area contributed by atoms with Gasteiger partial charge in [-0.15, -0.1) is 0 Å². The molecule has 8 heteroatoms. The highest BCUT2D eigenvalue weighted by molar-refractivity contribution is 7.99. The average Bonchev–Trinajstić information content (AvgIpc) is 2.97. The fourth-order valence-electron chi connectivity index (χ4n) is 2.71. The lowest BCUT2D eigenvalue weighted by molar-refractivity contribution is -0.116. The van der Waals surface area contributed by atoms with Gasteiger partial charge in [-0.3, -0.25) is 14.2 Å². The van der Waals surface area contributed by atoms with Crippen molar-refractivity contribution >= 4 is 29.3 Å². The average molecular weight is 359 g/mol. The van der Waals surface area contributed by atoms with Crippen LogP contribution in [0.15, 0.2) is 40.3 Å². The molecular weight excluding hydrogens is 342 g/mol. The number of aryl methyl sites for hydroxylation is 1. The van der Waals surface area contributed by atoms with Crippen LogP contribution in [0.4, 0.5) is 5.69 Å². The van der Waals surface area contributed by atoms with Crippen molar-refractivity contribution in [1.82, 2.24) is 9.55 Å². The predicted octanol–water partition coefficient (Wildman–Crippen LogP) is 2.01. The number of nitrogens with one attached hydrogen (secondary N) is 1. The second-order valence-electron chi connectivity index (χ2n) is 5.64. The topological polar surface area (TPSA) is 90.3 Å². The Balaban J connectivity index is 1.76. The van der Waals surface area contributed by atoms with E-state index < -0.39 is 5.97 Å². The molecular formula is C17H17N3O4S. The summed E-state index contributed by atoms with van der Waals surface area (Å²) in [6, 6.07) is 7.84. The predicted molar refractivity (Wildman–Crippen MR) is 94.0 cm³/mol. The number of ether oxygens (including phenoxy) is 1. The largest absolute Gasteiger partial charge is 0.465 e. The molecule has 1 amide bonds. The zero-order chi connectivity index (χ0) is 18.0. The second kappa shape index (κ2) is 7.10.